The lowest BCUT2D eigenvalue weighted by Crippen LogP contribution is -2.42. The van der Waals surface area contributed by atoms with E-state index in [0.29, 0.717) is 12.1 Å². The SMILES string of the molecule is O=C(NC(Cc1ccc(-c2ccc(F)c(C(F)(F)F)c2)o1)C(=O)O)OCC1c2ccccc2-c2ccccc21. The van der Waals surface area contributed by atoms with E-state index < -0.39 is 35.7 Å². The minimum atomic E-state index is -4.89. The summed E-state index contributed by atoms with van der Waals surface area (Å²) in [4.78, 5) is 24.4. The fourth-order valence-corrected chi connectivity index (χ4v) is 4.72. The molecule has 0 aliphatic heterocycles. The molecular formula is C29H21F4NO5. The maximum atomic E-state index is 13.6. The maximum absolute atomic E-state index is 13.6. The molecule has 0 bridgehead atoms. The summed E-state index contributed by atoms with van der Waals surface area (Å²) in [6, 6.07) is 19.2. The molecule has 0 radical (unpaired) electrons. The lowest BCUT2D eigenvalue weighted by Gasteiger charge is -2.17. The Morgan fingerprint density at radius 3 is 2.21 bits per heavy atom. The Hall–Kier alpha value is -4.60. The van der Waals surface area contributed by atoms with Gasteiger partial charge in [0.25, 0.3) is 0 Å². The van der Waals surface area contributed by atoms with Crippen molar-refractivity contribution >= 4 is 12.1 Å². The number of benzene rings is 3. The van der Waals surface area contributed by atoms with Crippen LogP contribution in [0.4, 0.5) is 22.4 Å². The largest absolute Gasteiger partial charge is 0.480 e. The van der Waals surface area contributed by atoms with Crippen molar-refractivity contribution in [3.05, 3.63) is 107 Å². The highest BCUT2D eigenvalue weighted by Crippen LogP contribution is 2.44. The van der Waals surface area contributed by atoms with Crippen molar-refractivity contribution < 1.29 is 41.4 Å². The molecule has 1 heterocycles. The number of hydrogen-bond acceptors (Lipinski definition) is 4. The Morgan fingerprint density at radius 2 is 1.59 bits per heavy atom. The van der Waals surface area contributed by atoms with E-state index in [4.69, 9.17) is 9.15 Å². The number of carbonyl (C=O) groups is 2. The Labute approximate surface area is 219 Å². The number of fused-ring (bicyclic) bond motifs is 3. The third-order valence-corrected chi connectivity index (χ3v) is 6.56. The number of carboxylic acids is 1. The molecule has 1 atom stereocenters. The van der Waals surface area contributed by atoms with Gasteiger partial charge in [-0.05, 0) is 52.6 Å². The van der Waals surface area contributed by atoms with Crippen LogP contribution in [0.1, 0.15) is 28.4 Å². The zero-order valence-corrected chi connectivity index (χ0v) is 20.2. The molecule has 0 saturated carbocycles. The molecule has 5 rings (SSSR count). The third kappa shape index (κ3) is 5.36. The Bertz CT molecular complexity index is 1500. The summed E-state index contributed by atoms with van der Waals surface area (Å²) in [7, 11) is 0. The van der Waals surface area contributed by atoms with Gasteiger partial charge in [0.05, 0.1) is 5.56 Å². The number of nitrogens with one attached hydrogen (secondary N) is 1. The van der Waals surface area contributed by atoms with Crippen LogP contribution in [0.3, 0.4) is 0 Å². The lowest BCUT2D eigenvalue weighted by molar-refractivity contribution is -0.140. The van der Waals surface area contributed by atoms with Crippen molar-refractivity contribution in [1.29, 1.82) is 0 Å². The van der Waals surface area contributed by atoms with E-state index in [0.717, 1.165) is 28.3 Å². The first-order chi connectivity index (χ1) is 18.6. The number of carbonyl (C=O) groups excluding carboxylic acids is 1. The van der Waals surface area contributed by atoms with Crippen LogP contribution in [-0.4, -0.2) is 29.8 Å². The summed E-state index contributed by atoms with van der Waals surface area (Å²) in [5, 5.41) is 11.9. The van der Waals surface area contributed by atoms with Gasteiger partial charge in [0, 0.05) is 17.9 Å². The minimum absolute atomic E-state index is 0.0107. The van der Waals surface area contributed by atoms with Crippen LogP contribution in [-0.2, 0) is 22.1 Å². The number of furan rings is 1. The summed E-state index contributed by atoms with van der Waals surface area (Å²) in [5.74, 6) is -2.91. The van der Waals surface area contributed by atoms with Crippen molar-refractivity contribution in [2.24, 2.45) is 0 Å². The number of ether oxygens (including phenoxy) is 1. The molecule has 1 aliphatic rings. The van der Waals surface area contributed by atoms with E-state index in [-0.39, 0.29) is 36.0 Å². The van der Waals surface area contributed by atoms with Gasteiger partial charge >= 0.3 is 18.2 Å². The molecule has 3 aromatic carbocycles. The van der Waals surface area contributed by atoms with Gasteiger partial charge < -0.3 is 19.6 Å². The van der Waals surface area contributed by atoms with E-state index in [1.807, 2.05) is 48.5 Å². The third-order valence-electron chi connectivity index (χ3n) is 6.56. The summed E-state index contributed by atoms with van der Waals surface area (Å²) in [6.07, 6.45) is -6.13. The zero-order valence-electron chi connectivity index (χ0n) is 20.2. The van der Waals surface area contributed by atoms with E-state index in [2.05, 4.69) is 5.32 Å². The summed E-state index contributed by atoms with van der Waals surface area (Å²) in [5.41, 5.74) is 2.60. The summed E-state index contributed by atoms with van der Waals surface area (Å²) < 4.78 is 63.7. The highest BCUT2D eigenvalue weighted by molar-refractivity contribution is 5.81. The first kappa shape index (κ1) is 26.0. The smallest absolute Gasteiger partial charge is 0.419 e. The second-order valence-corrected chi connectivity index (χ2v) is 9.02. The first-order valence-electron chi connectivity index (χ1n) is 11.9. The lowest BCUT2D eigenvalue weighted by atomic mass is 9.98. The highest BCUT2D eigenvalue weighted by Gasteiger charge is 2.35. The van der Waals surface area contributed by atoms with Gasteiger partial charge in [-0.1, -0.05) is 48.5 Å². The van der Waals surface area contributed by atoms with Gasteiger partial charge in [-0.15, -0.1) is 0 Å². The van der Waals surface area contributed by atoms with Crippen molar-refractivity contribution in [1.82, 2.24) is 5.32 Å². The first-order valence-corrected chi connectivity index (χ1v) is 11.9. The average molecular weight is 539 g/mol. The molecule has 39 heavy (non-hydrogen) atoms. The van der Waals surface area contributed by atoms with Crippen LogP contribution >= 0.6 is 0 Å². The molecule has 0 spiro atoms. The van der Waals surface area contributed by atoms with Gasteiger partial charge in [0.2, 0.25) is 0 Å². The van der Waals surface area contributed by atoms with Crippen LogP contribution in [0.5, 0.6) is 0 Å². The number of halogens is 4. The molecule has 2 N–H and O–H groups in total. The summed E-state index contributed by atoms with van der Waals surface area (Å²) in [6.45, 7) is -0.0107. The number of hydrogen-bond donors (Lipinski definition) is 2. The van der Waals surface area contributed by atoms with Crippen LogP contribution in [0.15, 0.2) is 83.3 Å². The molecule has 6 nitrogen and oxygen atoms in total. The Kier molecular flexibility index (Phi) is 6.86. The van der Waals surface area contributed by atoms with E-state index in [1.165, 1.54) is 12.1 Å². The molecule has 0 saturated heterocycles. The number of alkyl halides is 3. The van der Waals surface area contributed by atoms with Gasteiger partial charge in [0.15, 0.2) is 0 Å². The second-order valence-electron chi connectivity index (χ2n) is 9.02. The topological polar surface area (TPSA) is 88.8 Å². The quantitative estimate of drug-likeness (QED) is 0.257. The number of amides is 1. The molecule has 0 fully saturated rings. The Balaban J connectivity index is 1.25. The average Bonchev–Trinajstić information content (AvgIpc) is 3.49. The van der Waals surface area contributed by atoms with Crippen molar-refractivity contribution in [3.8, 4) is 22.5 Å². The van der Waals surface area contributed by atoms with Gasteiger partial charge in [0.1, 0.15) is 30.0 Å². The molecule has 10 heteroatoms. The normalized spacial score (nSPS) is 13.4. The van der Waals surface area contributed by atoms with E-state index in [1.54, 1.807) is 0 Å². The standard InChI is InChI=1S/C29H21F4NO5/c30-24-11-9-16(13-23(24)29(31,32)33)26-12-10-17(39-26)14-25(27(35)36)34-28(37)38-15-22-20-7-3-1-5-18(20)19-6-2-4-8-21(19)22/h1-13,22,25H,14-15H2,(H,34,37)(H,35,36). The number of aliphatic carboxylic acids is 1. The van der Waals surface area contributed by atoms with E-state index in [9.17, 15) is 32.3 Å². The van der Waals surface area contributed by atoms with Crippen molar-refractivity contribution in [3.63, 3.8) is 0 Å². The summed E-state index contributed by atoms with van der Waals surface area (Å²) >= 11 is 0. The predicted molar refractivity (Wildman–Crippen MR) is 132 cm³/mol. The molecule has 1 aliphatic carbocycles. The molecular weight excluding hydrogens is 518 g/mol. The van der Waals surface area contributed by atoms with Crippen LogP contribution in [0.2, 0.25) is 0 Å². The number of carboxylic acid groups (broad SMARTS) is 1. The van der Waals surface area contributed by atoms with Crippen molar-refractivity contribution in [2.75, 3.05) is 6.61 Å². The maximum Gasteiger partial charge on any atom is 0.419 e. The Morgan fingerprint density at radius 1 is 0.949 bits per heavy atom. The van der Waals surface area contributed by atoms with Gasteiger partial charge in [-0.3, -0.25) is 0 Å². The fraction of sp³-hybridized carbons (Fsp3) is 0.172. The molecule has 1 aromatic heterocycles. The van der Waals surface area contributed by atoms with Crippen LogP contribution in [0.25, 0.3) is 22.5 Å². The van der Waals surface area contributed by atoms with Gasteiger partial charge in [-0.25, -0.2) is 14.0 Å². The van der Waals surface area contributed by atoms with Crippen LogP contribution in [0, 0.1) is 5.82 Å². The molecule has 1 unspecified atom stereocenters. The van der Waals surface area contributed by atoms with E-state index >= 15 is 0 Å². The zero-order chi connectivity index (χ0) is 27.7. The highest BCUT2D eigenvalue weighted by atomic mass is 19.4. The van der Waals surface area contributed by atoms with Gasteiger partial charge in [-0.2, -0.15) is 13.2 Å². The fourth-order valence-electron chi connectivity index (χ4n) is 4.72. The number of rotatable bonds is 7. The second kappa shape index (κ2) is 10.3. The van der Waals surface area contributed by atoms with Crippen molar-refractivity contribution in [2.45, 2.75) is 24.6 Å². The molecule has 4 aromatic rings. The molecule has 200 valence electrons. The monoisotopic (exact) mass is 539 g/mol. The molecule has 1 amide bonds. The minimum Gasteiger partial charge on any atom is -0.480 e. The predicted octanol–water partition coefficient (Wildman–Crippen LogP) is 6.64. The number of alkyl carbamates (subject to hydrolysis) is 1. The van der Waals surface area contributed by atoms with Crippen LogP contribution < -0.4 is 5.32 Å².